The second-order valence-electron chi connectivity index (χ2n) is 9.70. The Bertz CT molecular complexity index is 787. The van der Waals surface area contributed by atoms with Crippen LogP contribution in [0, 0.1) is 11.8 Å². The summed E-state index contributed by atoms with van der Waals surface area (Å²) in [7, 11) is 0. The maximum absolute atomic E-state index is 4.12. The molecule has 2 nitrogen and oxygen atoms in total. The first-order valence-electron chi connectivity index (χ1n) is 11.9. The summed E-state index contributed by atoms with van der Waals surface area (Å²) in [5.74, 6) is 1.67. The van der Waals surface area contributed by atoms with Gasteiger partial charge in [0.1, 0.15) is 0 Å². The fourth-order valence-electron chi connectivity index (χ4n) is 6.47. The average molecular weight is 389 g/mol. The van der Waals surface area contributed by atoms with E-state index in [4.69, 9.17) is 0 Å². The molecule has 0 spiro atoms. The third kappa shape index (κ3) is 4.02. The fraction of sp³-hybridized carbons (Fsp3) is 0.556. The van der Waals surface area contributed by atoms with Crippen molar-refractivity contribution in [3.63, 3.8) is 0 Å². The molecule has 1 aliphatic carbocycles. The zero-order valence-corrected chi connectivity index (χ0v) is 17.8. The number of piperidine rings is 1. The number of hydrogen-bond donors (Lipinski definition) is 1. The Morgan fingerprint density at radius 2 is 1.59 bits per heavy atom. The molecule has 0 radical (unpaired) electrons. The summed E-state index contributed by atoms with van der Waals surface area (Å²) in [6, 6.07) is 20.3. The van der Waals surface area contributed by atoms with Gasteiger partial charge < -0.3 is 5.32 Å². The molecule has 2 aliphatic heterocycles. The minimum absolute atomic E-state index is 0.234. The first-order valence-corrected chi connectivity index (χ1v) is 11.9. The lowest BCUT2D eigenvalue weighted by molar-refractivity contribution is 0.107. The van der Waals surface area contributed by atoms with Crippen LogP contribution in [0.4, 0.5) is 0 Å². The summed E-state index contributed by atoms with van der Waals surface area (Å²) in [6.07, 6.45) is 10.9. The van der Waals surface area contributed by atoms with E-state index >= 15 is 0 Å². The van der Waals surface area contributed by atoms with Crippen molar-refractivity contribution in [3.05, 3.63) is 71.3 Å². The predicted octanol–water partition coefficient (Wildman–Crippen LogP) is 5.52. The monoisotopic (exact) mass is 388 g/mol. The van der Waals surface area contributed by atoms with Crippen molar-refractivity contribution in [1.82, 2.24) is 10.2 Å². The highest BCUT2D eigenvalue weighted by atomic mass is 15.1. The molecule has 0 amide bonds. The summed E-state index contributed by atoms with van der Waals surface area (Å²) in [6.45, 7) is 4.77. The van der Waals surface area contributed by atoms with Crippen LogP contribution < -0.4 is 5.32 Å². The van der Waals surface area contributed by atoms with Crippen LogP contribution in [-0.2, 0) is 18.5 Å². The first-order chi connectivity index (χ1) is 14.3. The lowest BCUT2D eigenvalue weighted by Gasteiger charge is -2.48. The molecule has 2 aromatic carbocycles. The van der Waals surface area contributed by atoms with E-state index in [0.717, 1.165) is 24.9 Å². The van der Waals surface area contributed by atoms with Gasteiger partial charge in [-0.3, -0.25) is 4.90 Å². The minimum Gasteiger partial charge on any atom is -0.307 e. The van der Waals surface area contributed by atoms with E-state index in [9.17, 15) is 0 Å². The fourth-order valence-corrected chi connectivity index (χ4v) is 6.47. The van der Waals surface area contributed by atoms with Crippen molar-refractivity contribution < 1.29 is 0 Å². The molecule has 1 N–H and O–H groups in total. The quantitative estimate of drug-likeness (QED) is 0.725. The lowest BCUT2D eigenvalue weighted by atomic mass is 9.67. The van der Waals surface area contributed by atoms with E-state index in [0.29, 0.717) is 0 Å². The minimum atomic E-state index is 0.234. The predicted molar refractivity (Wildman–Crippen MR) is 121 cm³/mol. The smallest absolute Gasteiger partial charge is 0.0468 e. The number of rotatable bonds is 5. The largest absolute Gasteiger partial charge is 0.307 e. The van der Waals surface area contributed by atoms with Crippen LogP contribution in [0.3, 0.4) is 0 Å². The van der Waals surface area contributed by atoms with Gasteiger partial charge in [0.25, 0.3) is 0 Å². The van der Waals surface area contributed by atoms with Crippen LogP contribution >= 0.6 is 0 Å². The van der Waals surface area contributed by atoms with Crippen molar-refractivity contribution in [2.45, 2.75) is 63.5 Å². The molecule has 2 heteroatoms. The highest BCUT2D eigenvalue weighted by Crippen LogP contribution is 2.48. The van der Waals surface area contributed by atoms with E-state index in [-0.39, 0.29) is 5.54 Å². The second kappa shape index (κ2) is 8.62. The number of likely N-dealkylation sites (tertiary alicyclic amines) is 1. The van der Waals surface area contributed by atoms with Crippen molar-refractivity contribution in [2.75, 3.05) is 19.6 Å². The Morgan fingerprint density at radius 1 is 0.862 bits per heavy atom. The van der Waals surface area contributed by atoms with Gasteiger partial charge in [-0.15, -0.1) is 0 Å². The maximum atomic E-state index is 4.12. The van der Waals surface area contributed by atoms with Gasteiger partial charge in [0.2, 0.25) is 0 Å². The zero-order chi connectivity index (χ0) is 19.5. The van der Waals surface area contributed by atoms with Crippen LogP contribution in [0.5, 0.6) is 0 Å². The SMILES string of the molecule is c1ccc(CN2CCC(CC3(C4CCCC4)NCCc4ccccc43)CC2)cc1. The Hall–Kier alpha value is -1.64. The molecular formula is C27H36N2. The highest BCUT2D eigenvalue weighted by Gasteiger charge is 2.45. The second-order valence-corrected chi connectivity index (χ2v) is 9.70. The molecule has 5 rings (SSSR count). The number of hydrogen-bond acceptors (Lipinski definition) is 2. The summed E-state index contributed by atoms with van der Waals surface area (Å²) >= 11 is 0. The third-order valence-corrected chi connectivity index (χ3v) is 7.95. The molecule has 0 bridgehead atoms. The normalized spacial score (nSPS) is 26.5. The summed E-state index contributed by atoms with van der Waals surface area (Å²) in [5, 5.41) is 4.12. The Labute approximate surface area is 176 Å². The maximum Gasteiger partial charge on any atom is 0.0468 e. The number of nitrogens with one attached hydrogen (secondary N) is 1. The first kappa shape index (κ1) is 19.3. The molecule has 0 aromatic heterocycles. The van der Waals surface area contributed by atoms with E-state index in [2.05, 4.69) is 64.8 Å². The van der Waals surface area contributed by atoms with E-state index < -0.39 is 0 Å². The zero-order valence-electron chi connectivity index (χ0n) is 17.8. The van der Waals surface area contributed by atoms with E-state index in [1.54, 1.807) is 11.1 Å². The van der Waals surface area contributed by atoms with Gasteiger partial charge in [0.05, 0.1) is 0 Å². The van der Waals surface area contributed by atoms with E-state index in [1.807, 2.05) is 0 Å². The summed E-state index contributed by atoms with van der Waals surface area (Å²) in [5.41, 5.74) is 4.94. The Balaban J connectivity index is 1.30. The van der Waals surface area contributed by atoms with Crippen LogP contribution in [0.15, 0.2) is 54.6 Å². The van der Waals surface area contributed by atoms with E-state index in [1.165, 1.54) is 70.0 Å². The summed E-state index contributed by atoms with van der Waals surface area (Å²) < 4.78 is 0. The Morgan fingerprint density at radius 3 is 2.38 bits per heavy atom. The van der Waals surface area contributed by atoms with Crippen LogP contribution in [0.2, 0.25) is 0 Å². The van der Waals surface area contributed by atoms with Crippen molar-refractivity contribution in [2.24, 2.45) is 11.8 Å². The molecule has 3 aliphatic rings. The van der Waals surface area contributed by atoms with Gasteiger partial charge in [0.15, 0.2) is 0 Å². The third-order valence-electron chi connectivity index (χ3n) is 7.95. The van der Waals surface area contributed by atoms with Crippen LogP contribution in [0.25, 0.3) is 0 Å². The van der Waals surface area contributed by atoms with Gasteiger partial charge >= 0.3 is 0 Å². The van der Waals surface area contributed by atoms with Gasteiger partial charge in [-0.2, -0.15) is 0 Å². The molecular weight excluding hydrogens is 352 g/mol. The van der Waals surface area contributed by atoms with Crippen molar-refractivity contribution in [3.8, 4) is 0 Å². The topological polar surface area (TPSA) is 15.3 Å². The van der Waals surface area contributed by atoms with Gasteiger partial charge in [-0.25, -0.2) is 0 Å². The van der Waals surface area contributed by atoms with Crippen molar-refractivity contribution in [1.29, 1.82) is 0 Å². The molecule has 1 unspecified atom stereocenters. The Kier molecular flexibility index (Phi) is 5.74. The molecule has 2 aromatic rings. The van der Waals surface area contributed by atoms with Gasteiger partial charge in [0, 0.05) is 18.6 Å². The van der Waals surface area contributed by atoms with Gasteiger partial charge in [-0.1, -0.05) is 67.4 Å². The molecule has 1 saturated carbocycles. The lowest BCUT2D eigenvalue weighted by Crippen LogP contribution is -2.53. The number of benzene rings is 2. The van der Waals surface area contributed by atoms with Crippen LogP contribution in [-0.4, -0.2) is 24.5 Å². The summed E-state index contributed by atoms with van der Waals surface area (Å²) in [4.78, 5) is 2.66. The highest BCUT2D eigenvalue weighted by molar-refractivity contribution is 5.37. The molecule has 1 atom stereocenters. The molecule has 1 saturated heterocycles. The molecule has 29 heavy (non-hydrogen) atoms. The molecule has 2 heterocycles. The molecule has 154 valence electrons. The van der Waals surface area contributed by atoms with Crippen molar-refractivity contribution >= 4 is 0 Å². The average Bonchev–Trinajstić information content (AvgIpc) is 3.32. The number of fused-ring (bicyclic) bond motifs is 1. The van der Waals surface area contributed by atoms with Crippen LogP contribution in [0.1, 0.15) is 61.6 Å². The molecule has 2 fully saturated rings. The van der Waals surface area contributed by atoms with Gasteiger partial charge in [-0.05, 0) is 80.1 Å². The number of nitrogens with zero attached hydrogens (tertiary/aromatic N) is 1. The standard InChI is InChI=1S/C27H36N2/c1-2-8-23(9-3-1)21-29-18-15-22(16-19-29)20-27(25-11-5-6-12-25)26-13-7-4-10-24(26)14-17-28-27/h1-4,7-10,13,22,25,28H,5-6,11-12,14-21H2.